The van der Waals surface area contributed by atoms with Crippen LogP contribution in [0.1, 0.15) is 29.8 Å². The maximum Gasteiger partial charge on any atom is 0.340 e. The van der Waals surface area contributed by atoms with Gasteiger partial charge in [0.1, 0.15) is 0 Å². The van der Waals surface area contributed by atoms with E-state index in [1.165, 1.54) is 12.0 Å². The smallest absolute Gasteiger partial charge is 0.340 e. The standard InChI is InChI=1S/C23H20BrNO5/c1-4-30-23(28)20-14(2)25(18-11-9-17(24)10-12-18)21(26)19(20)13-15-5-7-16(8-6-15)22(27)29-3/h5-13H,4H2,1-3H3. The number of benzene rings is 2. The Morgan fingerprint density at radius 2 is 1.67 bits per heavy atom. The van der Waals surface area contributed by atoms with Gasteiger partial charge in [-0.05, 0) is 61.9 Å². The summed E-state index contributed by atoms with van der Waals surface area (Å²) in [6.07, 6.45) is 1.62. The van der Waals surface area contributed by atoms with E-state index in [9.17, 15) is 14.4 Å². The Hall–Kier alpha value is -3.19. The maximum absolute atomic E-state index is 13.3. The van der Waals surface area contributed by atoms with E-state index in [2.05, 4.69) is 15.9 Å². The molecule has 30 heavy (non-hydrogen) atoms. The molecule has 0 unspecified atom stereocenters. The molecule has 0 aliphatic carbocycles. The molecule has 0 fully saturated rings. The highest BCUT2D eigenvalue weighted by Crippen LogP contribution is 2.36. The number of amides is 1. The van der Waals surface area contributed by atoms with Crippen LogP contribution in [0.4, 0.5) is 5.69 Å². The molecule has 2 aromatic rings. The van der Waals surface area contributed by atoms with Crippen molar-refractivity contribution in [3.05, 3.63) is 81.0 Å². The number of esters is 2. The normalized spacial score (nSPS) is 15.0. The van der Waals surface area contributed by atoms with Gasteiger partial charge in [0.2, 0.25) is 0 Å². The summed E-state index contributed by atoms with van der Waals surface area (Å²) >= 11 is 3.38. The van der Waals surface area contributed by atoms with Gasteiger partial charge >= 0.3 is 11.9 Å². The first-order valence-electron chi connectivity index (χ1n) is 9.25. The SMILES string of the molecule is CCOC(=O)C1=C(C)N(c2ccc(Br)cc2)C(=O)C1=Cc1ccc(C(=O)OC)cc1. The van der Waals surface area contributed by atoms with E-state index in [1.807, 2.05) is 12.1 Å². The Labute approximate surface area is 182 Å². The number of rotatable bonds is 5. The number of allylic oxidation sites excluding steroid dienone is 1. The molecule has 7 heteroatoms. The van der Waals surface area contributed by atoms with Crippen molar-refractivity contribution in [1.29, 1.82) is 0 Å². The summed E-state index contributed by atoms with van der Waals surface area (Å²) in [5.74, 6) is -1.33. The molecule has 1 heterocycles. The van der Waals surface area contributed by atoms with Crippen LogP contribution in [0.15, 0.2) is 69.8 Å². The molecule has 154 valence electrons. The zero-order valence-corrected chi connectivity index (χ0v) is 18.4. The third-order valence-electron chi connectivity index (χ3n) is 4.61. The van der Waals surface area contributed by atoms with E-state index in [4.69, 9.17) is 9.47 Å². The quantitative estimate of drug-likeness (QED) is 0.475. The van der Waals surface area contributed by atoms with Crippen molar-refractivity contribution in [2.45, 2.75) is 13.8 Å². The molecule has 2 aromatic carbocycles. The van der Waals surface area contributed by atoms with E-state index in [1.54, 1.807) is 56.3 Å². The van der Waals surface area contributed by atoms with Gasteiger partial charge in [0.05, 0.1) is 30.4 Å². The second kappa shape index (κ2) is 9.09. The number of methoxy groups -OCH3 is 1. The molecular formula is C23H20BrNO5. The number of carbonyl (C=O) groups excluding carboxylic acids is 3. The van der Waals surface area contributed by atoms with Gasteiger partial charge < -0.3 is 9.47 Å². The minimum Gasteiger partial charge on any atom is -0.465 e. The topological polar surface area (TPSA) is 72.9 Å². The zero-order chi connectivity index (χ0) is 21.8. The summed E-state index contributed by atoms with van der Waals surface area (Å²) in [5.41, 5.74) is 2.66. The largest absolute Gasteiger partial charge is 0.465 e. The summed E-state index contributed by atoms with van der Waals surface area (Å²) in [6.45, 7) is 3.63. The Morgan fingerprint density at radius 1 is 1.03 bits per heavy atom. The van der Waals surface area contributed by atoms with Gasteiger partial charge in [-0.15, -0.1) is 0 Å². The second-order valence-corrected chi connectivity index (χ2v) is 7.39. The predicted octanol–water partition coefficient (Wildman–Crippen LogP) is 4.50. The lowest BCUT2D eigenvalue weighted by atomic mass is 10.0. The van der Waals surface area contributed by atoms with Gasteiger partial charge in [-0.2, -0.15) is 0 Å². The van der Waals surface area contributed by atoms with Gasteiger partial charge in [0, 0.05) is 15.9 Å². The Morgan fingerprint density at radius 3 is 2.23 bits per heavy atom. The zero-order valence-electron chi connectivity index (χ0n) is 16.8. The first-order valence-corrected chi connectivity index (χ1v) is 10.0. The van der Waals surface area contributed by atoms with E-state index in [-0.39, 0.29) is 23.7 Å². The molecule has 0 saturated heterocycles. The molecule has 0 N–H and O–H groups in total. The molecule has 3 rings (SSSR count). The summed E-state index contributed by atoms with van der Waals surface area (Å²) in [6, 6.07) is 13.8. The van der Waals surface area contributed by atoms with Crippen molar-refractivity contribution in [3.63, 3.8) is 0 Å². The number of anilines is 1. The van der Waals surface area contributed by atoms with Crippen LogP contribution in [0, 0.1) is 0 Å². The first kappa shape index (κ1) is 21.5. The van der Waals surface area contributed by atoms with Gasteiger partial charge in [0.15, 0.2) is 0 Å². The van der Waals surface area contributed by atoms with Crippen molar-refractivity contribution in [2.75, 3.05) is 18.6 Å². The highest BCUT2D eigenvalue weighted by Gasteiger charge is 2.38. The van der Waals surface area contributed by atoms with Crippen LogP contribution >= 0.6 is 15.9 Å². The molecule has 1 aliphatic heterocycles. The fourth-order valence-corrected chi connectivity index (χ4v) is 3.45. The van der Waals surface area contributed by atoms with Gasteiger partial charge in [-0.25, -0.2) is 9.59 Å². The van der Waals surface area contributed by atoms with Crippen molar-refractivity contribution in [1.82, 2.24) is 0 Å². The van der Waals surface area contributed by atoms with Crippen LogP contribution in [-0.2, 0) is 19.1 Å². The van der Waals surface area contributed by atoms with Crippen molar-refractivity contribution in [3.8, 4) is 0 Å². The van der Waals surface area contributed by atoms with Crippen LogP contribution < -0.4 is 4.90 Å². The lowest BCUT2D eigenvalue weighted by Gasteiger charge is -2.18. The summed E-state index contributed by atoms with van der Waals surface area (Å²) in [4.78, 5) is 39.0. The van der Waals surface area contributed by atoms with Crippen LogP contribution in [0.2, 0.25) is 0 Å². The van der Waals surface area contributed by atoms with E-state index in [0.29, 0.717) is 22.5 Å². The molecule has 0 atom stereocenters. The van der Waals surface area contributed by atoms with Crippen molar-refractivity contribution < 1.29 is 23.9 Å². The monoisotopic (exact) mass is 469 g/mol. The second-order valence-electron chi connectivity index (χ2n) is 6.47. The molecular weight excluding hydrogens is 450 g/mol. The third kappa shape index (κ3) is 4.21. The van der Waals surface area contributed by atoms with Crippen molar-refractivity contribution >= 4 is 45.5 Å². The number of hydrogen-bond acceptors (Lipinski definition) is 5. The fraction of sp³-hybridized carbons (Fsp3) is 0.174. The summed E-state index contributed by atoms with van der Waals surface area (Å²) < 4.78 is 10.8. The molecule has 0 spiro atoms. The Balaban J connectivity index is 2.06. The molecule has 0 radical (unpaired) electrons. The van der Waals surface area contributed by atoms with Gasteiger partial charge in [0.25, 0.3) is 5.91 Å². The molecule has 0 saturated carbocycles. The van der Waals surface area contributed by atoms with Crippen molar-refractivity contribution in [2.24, 2.45) is 0 Å². The summed E-state index contributed by atoms with van der Waals surface area (Å²) in [7, 11) is 1.31. The third-order valence-corrected chi connectivity index (χ3v) is 5.14. The average molecular weight is 470 g/mol. The highest BCUT2D eigenvalue weighted by atomic mass is 79.9. The van der Waals surface area contributed by atoms with E-state index in [0.717, 1.165) is 4.47 Å². The van der Waals surface area contributed by atoms with E-state index < -0.39 is 11.9 Å². The molecule has 6 nitrogen and oxygen atoms in total. The molecule has 0 aromatic heterocycles. The van der Waals surface area contributed by atoms with Crippen LogP contribution in [-0.4, -0.2) is 31.6 Å². The number of ether oxygens (including phenoxy) is 2. The minimum atomic E-state index is -0.555. The summed E-state index contributed by atoms with van der Waals surface area (Å²) in [5, 5.41) is 0. The Bertz CT molecular complexity index is 1050. The highest BCUT2D eigenvalue weighted by molar-refractivity contribution is 9.10. The average Bonchev–Trinajstić information content (AvgIpc) is 2.98. The number of hydrogen-bond donors (Lipinski definition) is 0. The van der Waals surface area contributed by atoms with E-state index >= 15 is 0 Å². The van der Waals surface area contributed by atoms with Crippen LogP contribution in [0.5, 0.6) is 0 Å². The van der Waals surface area contributed by atoms with Crippen LogP contribution in [0.25, 0.3) is 6.08 Å². The number of nitrogens with zero attached hydrogens (tertiary/aromatic N) is 1. The Kier molecular flexibility index (Phi) is 6.52. The van der Waals surface area contributed by atoms with Gasteiger partial charge in [-0.1, -0.05) is 28.1 Å². The van der Waals surface area contributed by atoms with Gasteiger partial charge in [-0.3, -0.25) is 9.69 Å². The molecule has 1 aliphatic rings. The maximum atomic E-state index is 13.3. The predicted molar refractivity (Wildman–Crippen MR) is 117 cm³/mol. The first-order chi connectivity index (χ1) is 14.4. The lowest BCUT2D eigenvalue weighted by molar-refractivity contribution is -0.138. The fourth-order valence-electron chi connectivity index (χ4n) is 3.18. The minimum absolute atomic E-state index is 0.198. The molecule has 0 bridgehead atoms. The molecule has 1 amide bonds. The van der Waals surface area contributed by atoms with Crippen LogP contribution in [0.3, 0.4) is 0 Å². The lowest BCUT2D eigenvalue weighted by Crippen LogP contribution is -2.24. The number of carbonyl (C=O) groups is 3. The number of halogens is 1.